The number of para-hydroxylation sites is 1. The summed E-state index contributed by atoms with van der Waals surface area (Å²) in [5.74, 6) is 3.05. The number of hydrogen-bond donors (Lipinski definition) is 2. The first-order valence-corrected chi connectivity index (χ1v) is 19.4. The molecule has 1 amide bonds. The Morgan fingerprint density at radius 2 is 1.53 bits per heavy atom. The van der Waals surface area contributed by atoms with Crippen molar-refractivity contribution >= 4 is 28.9 Å². The molecule has 2 N–H and O–H groups in total. The van der Waals surface area contributed by atoms with E-state index in [1.807, 2.05) is 30.3 Å². The van der Waals surface area contributed by atoms with E-state index in [-0.39, 0.29) is 33.2 Å². The van der Waals surface area contributed by atoms with E-state index >= 15 is 4.79 Å². The van der Waals surface area contributed by atoms with Crippen LogP contribution in [0, 0.1) is 56.7 Å². The summed E-state index contributed by atoms with van der Waals surface area (Å²) in [5, 5.41) is 15.2. The van der Waals surface area contributed by atoms with E-state index in [0.717, 1.165) is 81.9 Å². The highest BCUT2D eigenvalue weighted by Crippen LogP contribution is 2.75. The standard InChI is InChI=1S/C41H61N3O2S/c1-27-15-20-41(35(46)43-23-25-44(26-24-43)36(47)42-29-11-9-8-10-12-29)22-21-39(6)30(34(41)28(27)2)13-14-32-38(5)18-17-33(45)37(3,4)31(38)16-19-40(32,39)7/h8-13,27-28,31-34,45H,14-26H2,1-7H3,(H,42,47)/t27-,28+,31+,32-,33+,34+,38+,39-,40-,41+/m1/s1. The molecule has 0 bridgehead atoms. The van der Waals surface area contributed by atoms with Gasteiger partial charge < -0.3 is 20.2 Å². The third-order valence-corrected chi connectivity index (χ3v) is 16.6. The predicted molar refractivity (Wildman–Crippen MR) is 196 cm³/mol. The maximum Gasteiger partial charge on any atom is 0.229 e. The van der Waals surface area contributed by atoms with Crippen LogP contribution >= 0.6 is 12.2 Å². The number of carbonyl (C=O) groups is 1. The Kier molecular flexibility index (Phi) is 8.27. The molecule has 1 aliphatic heterocycles. The molecule has 6 aliphatic rings. The Morgan fingerprint density at radius 1 is 0.851 bits per heavy atom. The van der Waals surface area contributed by atoms with Crippen molar-refractivity contribution in [2.75, 3.05) is 31.5 Å². The van der Waals surface area contributed by atoms with Crippen molar-refractivity contribution in [1.82, 2.24) is 9.80 Å². The first-order chi connectivity index (χ1) is 22.2. The first-order valence-electron chi connectivity index (χ1n) is 19.0. The highest BCUT2D eigenvalue weighted by molar-refractivity contribution is 7.80. The summed E-state index contributed by atoms with van der Waals surface area (Å²) < 4.78 is 0. The molecule has 1 heterocycles. The van der Waals surface area contributed by atoms with Gasteiger partial charge in [0.05, 0.1) is 11.5 Å². The van der Waals surface area contributed by atoms with Gasteiger partial charge in [-0.15, -0.1) is 0 Å². The van der Waals surface area contributed by atoms with Crippen molar-refractivity contribution in [3.05, 3.63) is 42.0 Å². The molecule has 5 fully saturated rings. The monoisotopic (exact) mass is 659 g/mol. The molecule has 1 saturated heterocycles. The van der Waals surface area contributed by atoms with Crippen LogP contribution in [0.2, 0.25) is 0 Å². The number of aliphatic hydroxyl groups is 1. The fourth-order valence-corrected chi connectivity index (χ4v) is 13.3. The van der Waals surface area contributed by atoms with Gasteiger partial charge in [-0.05, 0) is 133 Å². The molecule has 1 aromatic carbocycles. The second kappa shape index (κ2) is 11.6. The first kappa shape index (κ1) is 33.6. The average molecular weight is 660 g/mol. The van der Waals surface area contributed by atoms with Gasteiger partial charge in [0.15, 0.2) is 5.11 Å². The smallest absolute Gasteiger partial charge is 0.229 e. The van der Waals surface area contributed by atoms with Gasteiger partial charge in [0, 0.05) is 31.9 Å². The minimum Gasteiger partial charge on any atom is -0.393 e. The number of hydrogen-bond acceptors (Lipinski definition) is 3. The number of rotatable bonds is 2. The number of allylic oxidation sites excluding steroid dienone is 2. The molecule has 7 rings (SSSR count). The number of thiocarbonyl (C=S) groups is 1. The summed E-state index contributed by atoms with van der Waals surface area (Å²) in [6, 6.07) is 10.1. The van der Waals surface area contributed by atoms with Crippen molar-refractivity contribution < 1.29 is 9.90 Å². The zero-order valence-electron chi connectivity index (χ0n) is 30.3. The van der Waals surface area contributed by atoms with Gasteiger partial charge >= 0.3 is 0 Å². The topological polar surface area (TPSA) is 55.8 Å². The maximum absolute atomic E-state index is 15.0. The molecule has 10 atom stereocenters. The highest BCUT2D eigenvalue weighted by Gasteiger charge is 2.69. The molecular weight excluding hydrogens is 599 g/mol. The molecular formula is C41H61N3O2S. The number of aliphatic hydroxyl groups excluding tert-OH is 1. The van der Waals surface area contributed by atoms with Crippen LogP contribution in [0.5, 0.6) is 0 Å². The molecule has 6 heteroatoms. The summed E-state index contributed by atoms with van der Waals surface area (Å²) in [6.07, 6.45) is 12.4. The van der Waals surface area contributed by atoms with Gasteiger partial charge in [-0.3, -0.25) is 4.79 Å². The molecule has 1 aromatic rings. The molecule has 5 aliphatic carbocycles. The number of piperazine rings is 1. The minimum atomic E-state index is -0.288. The van der Waals surface area contributed by atoms with Crippen LogP contribution in [0.4, 0.5) is 5.69 Å². The third-order valence-electron chi connectivity index (χ3n) is 16.3. The number of amides is 1. The summed E-state index contributed by atoms with van der Waals surface area (Å²) >= 11 is 5.79. The molecule has 258 valence electrons. The molecule has 4 saturated carbocycles. The normalized spacial score (nSPS) is 44.2. The van der Waals surface area contributed by atoms with E-state index in [0.29, 0.717) is 35.5 Å². The lowest BCUT2D eigenvalue weighted by molar-refractivity contribution is -0.205. The van der Waals surface area contributed by atoms with E-state index in [1.54, 1.807) is 5.57 Å². The second-order valence-electron chi connectivity index (χ2n) is 18.3. The van der Waals surface area contributed by atoms with Crippen molar-refractivity contribution in [2.24, 2.45) is 56.7 Å². The fraction of sp³-hybridized carbons (Fsp3) is 0.756. The van der Waals surface area contributed by atoms with Crippen LogP contribution in [-0.4, -0.2) is 58.2 Å². The molecule has 0 aromatic heterocycles. The van der Waals surface area contributed by atoms with Gasteiger partial charge in [-0.25, -0.2) is 0 Å². The van der Waals surface area contributed by atoms with E-state index < -0.39 is 0 Å². The number of benzene rings is 1. The van der Waals surface area contributed by atoms with Gasteiger partial charge in [0.1, 0.15) is 0 Å². The predicted octanol–water partition coefficient (Wildman–Crippen LogP) is 8.55. The Bertz CT molecular complexity index is 1420. The van der Waals surface area contributed by atoms with Crippen LogP contribution in [0.1, 0.15) is 106 Å². The Hall–Kier alpha value is -1.92. The fourth-order valence-electron chi connectivity index (χ4n) is 13.0. The number of carbonyl (C=O) groups excluding carboxylic acids is 1. The largest absolute Gasteiger partial charge is 0.393 e. The number of anilines is 1. The quantitative estimate of drug-likeness (QED) is 0.246. The van der Waals surface area contributed by atoms with Crippen molar-refractivity contribution in [3.8, 4) is 0 Å². The molecule has 0 unspecified atom stereocenters. The zero-order chi connectivity index (χ0) is 33.6. The lowest BCUT2D eigenvalue weighted by atomic mass is 9.33. The van der Waals surface area contributed by atoms with Crippen molar-refractivity contribution in [3.63, 3.8) is 0 Å². The van der Waals surface area contributed by atoms with Gasteiger partial charge in [-0.1, -0.05) is 78.3 Å². The minimum absolute atomic E-state index is 0.0357. The zero-order valence-corrected chi connectivity index (χ0v) is 31.1. The number of nitrogens with zero attached hydrogens (tertiary/aromatic N) is 2. The lowest BCUT2D eigenvalue weighted by Crippen LogP contribution is -2.66. The van der Waals surface area contributed by atoms with E-state index in [9.17, 15) is 5.11 Å². The van der Waals surface area contributed by atoms with Crippen LogP contribution in [0.3, 0.4) is 0 Å². The molecule has 0 radical (unpaired) electrons. The maximum atomic E-state index is 15.0. The van der Waals surface area contributed by atoms with Crippen LogP contribution in [0.15, 0.2) is 42.0 Å². The Balaban J connectivity index is 1.16. The molecule has 47 heavy (non-hydrogen) atoms. The van der Waals surface area contributed by atoms with E-state index in [1.165, 1.54) is 12.8 Å². The summed E-state index contributed by atoms with van der Waals surface area (Å²) in [7, 11) is 0. The van der Waals surface area contributed by atoms with Gasteiger partial charge in [0.25, 0.3) is 0 Å². The third kappa shape index (κ3) is 4.83. The molecule has 5 nitrogen and oxygen atoms in total. The van der Waals surface area contributed by atoms with Crippen LogP contribution < -0.4 is 5.32 Å². The van der Waals surface area contributed by atoms with Crippen molar-refractivity contribution in [2.45, 2.75) is 112 Å². The SMILES string of the molecule is C[C@H]1[C@H](C)CC[C@]2(C(=O)N3CCN(C(=S)Nc4ccccc4)CC3)CC[C@]3(C)C(=CC[C@@H]4[C@@]5(C)CC[C@H](O)C(C)(C)[C@@H]5CC[C@]43C)[C@H]12. The number of fused-ring (bicyclic) bond motifs is 7. The summed E-state index contributed by atoms with van der Waals surface area (Å²) in [6.45, 7) is 20.5. The highest BCUT2D eigenvalue weighted by atomic mass is 32.1. The average Bonchev–Trinajstić information content (AvgIpc) is 3.05. The number of nitrogens with one attached hydrogen (secondary N) is 1. The van der Waals surface area contributed by atoms with Crippen LogP contribution in [-0.2, 0) is 4.79 Å². The second-order valence-corrected chi connectivity index (χ2v) is 18.6. The van der Waals surface area contributed by atoms with E-state index in [4.69, 9.17) is 12.2 Å². The Labute approximate surface area is 290 Å². The summed E-state index contributed by atoms with van der Waals surface area (Å²) in [4.78, 5) is 19.5. The Morgan fingerprint density at radius 3 is 2.23 bits per heavy atom. The van der Waals surface area contributed by atoms with Gasteiger partial charge in [-0.2, -0.15) is 0 Å². The van der Waals surface area contributed by atoms with Crippen molar-refractivity contribution in [1.29, 1.82) is 0 Å². The van der Waals surface area contributed by atoms with E-state index in [2.05, 4.69) is 69.7 Å². The van der Waals surface area contributed by atoms with Gasteiger partial charge in [0.2, 0.25) is 5.91 Å². The molecule has 0 spiro atoms. The summed E-state index contributed by atoms with van der Waals surface area (Å²) in [5.41, 5.74) is 2.90. The van der Waals surface area contributed by atoms with Crippen LogP contribution in [0.25, 0.3) is 0 Å². The lowest BCUT2D eigenvalue weighted by Gasteiger charge is -2.71.